The Morgan fingerprint density at radius 3 is 2.33 bits per heavy atom. The summed E-state index contributed by atoms with van der Waals surface area (Å²) in [7, 11) is 0. The van der Waals surface area contributed by atoms with Gasteiger partial charge in [0.15, 0.2) is 0 Å². The van der Waals surface area contributed by atoms with E-state index < -0.39 is 0 Å². The van der Waals surface area contributed by atoms with Gasteiger partial charge in [-0.3, -0.25) is 0 Å². The second-order valence-electron chi connectivity index (χ2n) is 3.52. The maximum Gasteiger partial charge on any atom is 0.0345 e. The van der Waals surface area contributed by atoms with Crippen LogP contribution >= 0.6 is 11.3 Å². The van der Waals surface area contributed by atoms with E-state index in [1.807, 2.05) is 11.3 Å². The van der Waals surface area contributed by atoms with Gasteiger partial charge in [-0.15, -0.1) is 11.3 Å². The Bertz CT molecular complexity index is 428. The number of thiophene rings is 1. The predicted octanol–water partition coefficient (Wildman–Crippen LogP) is 4.16. The summed E-state index contributed by atoms with van der Waals surface area (Å²) in [5, 5.41) is 3.29. The molecule has 0 atom stereocenters. The highest BCUT2D eigenvalue weighted by molar-refractivity contribution is 7.15. The molecule has 78 valence electrons. The van der Waals surface area contributed by atoms with Gasteiger partial charge in [0.05, 0.1) is 0 Å². The molecule has 1 N–H and O–H groups in total. The summed E-state index contributed by atoms with van der Waals surface area (Å²) >= 11 is 1.84. The van der Waals surface area contributed by atoms with E-state index >= 15 is 0 Å². The van der Waals surface area contributed by atoms with Crippen molar-refractivity contribution in [2.24, 2.45) is 0 Å². The van der Waals surface area contributed by atoms with Crippen molar-refractivity contribution in [3.05, 3.63) is 41.3 Å². The molecule has 0 aliphatic rings. The van der Waals surface area contributed by atoms with E-state index in [1.165, 1.54) is 21.0 Å². The number of aryl methyl sites for hydroxylation is 1. The monoisotopic (exact) mass is 217 g/mol. The fourth-order valence-corrected chi connectivity index (χ4v) is 2.42. The minimum atomic E-state index is 0.970. The van der Waals surface area contributed by atoms with Gasteiger partial charge >= 0.3 is 0 Å². The quantitative estimate of drug-likeness (QED) is 0.814. The Morgan fingerprint density at radius 1 is 1.07 bits per heavy atom. The zero-order valence-electron chi connectivity index (χ0n) is 9.08. The van der Waals surface area contributed by atoms with E-state index in [-0.39, 0.29) is 0 Å². The van der Waals surface area contributed by atoms with Crippen molar-refractivity contribution in [3.63, 3.8) is 0 Å². The Balaban J connectivity index is 2.23. The van der Waals surface area contributed by atoms with Crippen LogP contribution in [0.2, 0.25) is 0 Å². The topological polar surface area (TPSA) is 12.0 Å². The van der Waals surface area contributed by atoms with Crippen molar-refractivity contribution in [2.45, 2.75) is 13.8 Å². The molecule has 0 unspecified atom stereocenters. The molecule has 15 heavy (non-hydrogen) atoms. The summed E-state index contributed by atoms with van der Waals surface area (Å²) < 4.78 is 0. The van der Waals surface area contributed by atoms with E-state index in [1.54, 1.807) is 0 Å². The van der Waals surface area contributed by atoms with Crippen molar-refractivity contribution in [2.75, 3.05) is 11.9 Å². The van der Waals surface area contributed by atoms with Crippen molar-refractivity contribution >= 4 is 17.0 Å². The molecular formula is C13H15NS. The van der Waals surface area contributed by atoms with Crippen molar-refractivity contribution < 1.29 is 0 Å². The molecule has 0 aliphatic heterocycles. The lowest BCUT2D eigenvalue weighted by Gasteiger charge is -2.03. The highest BCUT2D eigenvalue weighted by Crippen LogP contribution is 2.28. The van der Waals surface area contributed by atoms with E-state index in [2.05, 4.69) is 55.6 Å². The minimum Gasteiger partial charge on any atom is -0.385 e. The van der Waals surface area contributed by atoms with Crippen LogP contribution in [0.15, 0.2) is 36.4 Å². The lowest BCUT2D eigenvalue weighted by atomic mass is 10.2. The molecule has 0 saturated heterocycles. The van der Waals surface area contributed by atoms with Gasteiger partial charge in [0.1, 0.15) is 0 Å². The molecule has 2 aromatic rings. The first-order valence-electron chi connectivity index (χ1n) is 5.20. The smallest absolute Gasteiger partial charge is 0.0345 e. The molecule has 1 aromatic heterocycles. The van der Waals surface area contributed by atoms with E-state index in [0.717, 1.165) is 6.54 Å². The second-order valence-corrected chi connectivity index (χ2v) is 4.81. The summed E-state index contributed by atoms with van der Waals surface area (Å²) in [6.45, 7) is 5.22. The Hall–Kier alpha value is -1.28. The van der Waals surface area contributed by atoms with Crippen molar-refractivity contribution in [1.29, 1.82) is 0 Å². The van der Waals surface area contributed by atoms with Crippen molar-refractivity contribution in [1.82, 2.24) is 0 Å². The number of nitrogens with one attached hydrogen (secondary N) is 1. The van der Waals surface area contributed by atoms with Gasteiger partial charge in [-0.25, -0.2) is 0 Å². The molecule has 2 rings (SSSR count). The first-order chi connectivity index (χ1) is 7.29. The SMILES string of the molecule is CCNc1ccc(-c2ccc(C)s2)cc1. The molecule has 0 aliphatic carbocycles. The van der Waals surface area contributed by atoms with Crippen molar-refractivity contribution in [3.8, 4) is 10.4 Å². The maximum absolute atomic E-state index is 3.29. The number of hydrogen-bond donors (Lipinski definition) is 1. The number of rotatable bonds is 3. The molecule has 1 nitrogen and oxygen atoms in total. The fourth-order valence-electron chi connectivity index (χ4n) is 1.55. The lowest BCUT2D eigenvalue weighted by Crippen LogP contribution is -1.95. The summed E-state index contributed by atoms with van der Waals surface area (Å²) in [5.74, 6) is 0. The Morgan fingerprint density at radius 2 is 1.80 bits per heavy atom. The van der Waals surface area contributed by atoms with Gasteiger partial charge in [-0.2, -0.15) is 0 Å². The largest absolute Gasteiger partial charge is 0.385 e. The van der Waals surface area contributed by atoms with Crippen LogP contribution in [-0.4, -0.2) is 6.54 Å². The first-order valence-corrected chi connectivity index (χ1v) is 6.02. The summed E-state index contributed by atoms with van der Waals surface area (Å²) in [4.78, 5) is 2.70. The molecule has 0 fully saturated rings. The summed E-state index contributed by atoms with van der Waals surface area (Å²) in [6.07, 6.45) is 0. The normalized spacial score (nSPS) is 10.3. The van der Waals surface area contributed by atoms with Crippen LogP contribution in [0, 0.1) is 6.92 Å². The third kappa shape index (κ3) is 2.39. The maximum atomic E-state index is 3.29. The molecule has 0 amide bonds. The van der Waals surface area contributed by atoms with Crippen LogP contribution in [0.4, 0.5) is 5.69 Å². The molecule has 1 heterocycles. The molecule has 0 bridgehead atoms. The van der Waals surface area contributed by atoms with Gasteiger partial charge in [0, 0.05) is 22.0 Å². The third-order valence-electron chi connectivity index (χ3n) is 2.29. The van der Waals surface area contributed by atoms with Crippen LogP contribution in [0.5, 0.6) is 0 Å². The third-order valence-corrected chi connectivity index (χ3v) is 3.34. The standard InChI is InChI=1S/C13H15NS/c1-3-14-12-7-5-11(6-8-12)13-9-4-10(2)15-13/h4-9,14H,3H2,1-2H3. The van der Waals surface area contributed by atoms with Gasteiger partial charge in [0.2, 0.25) is 0 Å². The van der Waals surface area contributed by atoms with E-state index in [9.17, 15) is 0 Å². The highest BCUT2D eigenvalue weighted by atomic mass is 32.1. The summed E-state index contributed by atoms with van der Waals surface area (Å²) in [5.41, 5.74) is 2.49. The van der Waals surface area contributed by atoms with Gasteiger partial charge in [-0.1, -0.05) is 12.1 Å². The lowest BCUT2D eigenvalue weighted by molar-refractivity contribution is 1.21. The number of hydrogen-bond acceptors (Lipinski definition) is 2. The van der Waals surface area contributed by atoms with Gasteiger partial charge < -0.3 is 5.32 Å². The van der Waals surface area contributed by atoms with Crippen LogP contribution in [0.3, 0.4) is 0 Å². The zero-order valence-corrected chi connectivity index (χ0v) is 9.90. The van der Waals surface area contributed by atoms with Crippen LogP contribution in [0.1, 0.15) is 11.8 Å². The summed E-state index contributed by atoms with van der Waals surface area (Å²) in [6, 6.07) is 13.0. The van der Waals surface area contributed by atoms with Crippen LogP contribution < -0.4 is 5.32 Å². The average molecular weight is 217 g/mol. The van der Waals surface area contributed by atoms with Crippen LogP contribution in [-0.2, 0) is 0 Å². The van der Waals surface area contributed by atoms with E-state index in [0.29, 0.717) is 0 Å². The molecule has 2 heteroatoms. The zero-order chi connectivity index (χ0) is 10.7. The van der Waals surface area contributed by atoms with Gasteiger partial charge in [0.25, 0.3) is 0 Å². The van der Waals surface area contributed by atoms with Gasteiger partial charge in [-0.05, 0) is 43.7 Å². The molecular weight excluding hydrogens is 202 g/mol. The highest BCUT2D eigenvalue weighted by Gasteiger charge is 1.99. The number of benzene rings is 1. The fraction of sp³-hybridized carbons (Fsp3) is 0.231. The van der Waals surface area contributed by atoms with Crippen LogP contribution in [0.25, 0.3) is 10.4 Å². The molecule has 0 spiro atoms. The van der Waals surface area contributed by atoms with E-state index in [4.69, 9.17) is 0 Å². The molecule has 0 radical (unpaired) electrons. The predicted molar refractivity (Wildman–Crippen MR) is 68.7 cm³/mol. The second kappa shape index (κ2) is 4.49. The molecule has 0 saturated carbocycles. The first kappa shape index (κ1) is 10.2. The minimum absolute atomic E-state index is 0.970. The Labute approximate surface area is 94.8 Å². The number of anilines is 1. The average Bonchev–Trinajstić information content (AvgIpc) is 2.67. The Kier molecular flexibility index (Phi) is 3.07. The molecule has 1 aromatic carbocycles.